The van der Waals surface area contributed by atoms with E-state index in [0.29, 0.717) is 31.9 Å². The van der Waals surface area contributed by atoms with E-state index < -0.39 is 11.9 Å². The molecule has 2 aromatic heterocycles. The van der Waals surface area contributed by atoms with Gasteiger partial charge in [0.25, 0.3) is 0 Å². The zero-order valence-corrected chi connectivity index (χ0v) is 14.1. The Morgan fingerprint density at radius 2 is 1.80 bits per heavy atom. The lowest BCUT2D eigenvalue weighted by Crippen LogP contribution is -2.37. The van der Waals surface area contributed by atoms with Gasteiger partial charge in [0.05, 0.1) is 19.3 Å². The van der Waals surface area contributed by atoms with E-state index in [1.807, 2.05) is 11.8 Å². The first kappa shape index (κ1) is 17.5. The maximum atomic E-state index is 13.3. The molecular weight excluding hydrogens is 335 g/mol. The zero-order chi connectivity index (χ0) is 18.0. The number of rotatable bonds is 4. The van der Waals surface area contributed by atoms with Crippen molar-refractivity contribution in [3.63, 3.8) is 0 Å². The highest BCUT2D eigenvalue weighted by Gasteiger charge is 2.41. The highest BCUT2D eigenvalue weighted by atomic mass is 19.4. The number of anilines is 1. The number of ether oxygens (including phenoxy) is 1. The van der Waals surface area contributed by atoms with E-state index in [0.717, 1.165) is 22.9 Å². The van der Waals surface area contributed by atoms with E-state index in [1.165, 1.54) is 7.11 Å². The third-order valence-corrected chi connectivity index (χ3v) is 4.44. The second kappa shape index (κ2) is 6.89. The van der Waals surface area contributed by atoms with Gasteiger partial charge in [0, 0.05) is 25.5 Å². The number of nitrogens with zero attached hydrogens (tertiary/aromatic N) is 5. The van der Waals surface area contributed by atoms with Crippen LogP contribution < -0.4 is 9.64 Å². The SMILES string of the molecule is CCc1cnc(N2CCC(n3ncc(OC)c3C(F)(F)F)CC2)nc1. The predicted molar refractivity (Wildman–Crippen MR) is 85.7 cm³/mol. The topological polar surface area (TPSA) is 56.1 Å². The summed E-state index contributed by atoms with van der Waals surface area (Å²) in [6.07, 6.45) is 2.13. The minimum Gasteiger partial charge on any atom is -0.493 e. The van der Waals surface area contributed by atoms with Crippen LogP contribution in [-0.2, 0) is 12.6 Å². The maximum Gasteiger partial charge on any atom is 0.436 e. The Morgan fingerprint density at radius 3 is 2.32 bits per heavy atom. The molecule has 3 rings (SSSR count). The second-order valence-corrected chi connectivity index (χ2v) is 5.97. The van der Waals surface area contributed by atoms with Crippen molar-refractivity contribution in [2.24, 2.45) is 0 Å². The van der Waals surface area contributed by atoms with Crippen molar-refractivity contribution >= 4 is 5.95 Å². The van der Waals surface area contributed by atoms with Crippen LogP contribution in [0.15, 0.2) is 18.6 Å². The Hall–Kier alpha value is -2.32. The fourth-order valence-corrected chi connectivity index (χ4v) is 3.05. The minimum atomic E-state index is -4.50. The molecule has 0 aliphatic carbocycles. The lowest BCUT2D eigenvalue weighted by atomic mass is 10.1. The third kappa shape index (κ3) is 3.54. The van der Waals surface area contributed by atoms with Gasteiger partial charge >= 0.3 is 6.18 Å². The van der Waals surface area contributed by atoms with Gasteiger partial charge in [0.1, 0.15) is 0 Å². The standard InChI is InChI=1S/C16H20F3N5O/c1-3-11-8-20-15(21-9-11)23-6-4-12(5-7-23)24-14(16(17,18)19)13(25-2)10-22-24/h8-10,12H,3-7H2,1-2H3. The number of methoxy groups -OCH3 is 1. The van der Waals surface area contributed by atoms with E-state index in [4.69, 9.17) is 4.74 Å². The van der Waals surface area contributed by atoms with Crippen molar-refractivity contribution in [2.45, 2.75) is 38.4 Å². The van der Waals surface area contributed by atoms with E-state index in [9.17, 15) is 13.2 Å². The van der Waals surface area contributed by atoms with Crippen LogP contribution in [-0.4, -0.2) is 39.9 Å². The third-order valence-electron chi connectivity index (χ3n) is 4.44. The van der Waals surface area contributed by atoms with E-state index >= 15 is 0 Å². The van der Waals surface area contributed by atoms with Gasteiger partial charge in [0.2, 0.25) is 5.95 Å². The molecule has 0 spiro atoms. The summed E-state index contributed by atoms with van der Waals surface area (Å²) in [4.78, 5) is 10.7. The smallest absolute Gasteiger partial charge is 0.436 e. The molecule has 25 heavy (non-hydrogen) atoms. The van der Waals surface area contributed by atoms with Crippen LogP contribution in [0.25, 0.3) is 0 Å². The summed E-state index contributed by atoms with van der Waals surface area (Å²) in [5.74, 6) is 0.373. The average Bonchev–Trinajstić information content (AvgIpc) is 3.06. The van der Waals surface area contributed by atoms with Gasteiger partial charge < -0.3 is 9.64 Å². The molecule has 0 saturated carbocycles. The van der Waals surface area contributed by atoms with Crippen LogP contribution >= 0.6 is 0 Å². The van der Waals surface area contributed by atoms with Crippen LogP contribution in [0, 0.1) is 0 Å². The summed E-state index contributed by atoms with van der Waals surface area (Å²) in [5.41, 5.74) is 0.231. The quantitative estimate of drug-likeness (QED) is 0.844. The van der Waals surface area contributed by atoms with Crippen molar-refractivity contribution in [2.75, 3.05) is 25.1 Å². The first-order valence-electron chi connectivity index (χ1n) is 8.18. The number of alkyl halides is 3. The molecule has 0 aromatic carbocycles. The zero-order valence-electron chi connectivity index (χ0n) is 14.1. The van der Waals surface area contributed by atoms with Gasteiger partial charge in [-0.15, -0.1) is 0 Å². The molecule has 2 aromatic rings. The van der Waals surface area contributed by atoms with E-state index in [1.54, 1.807) is 12.4 Å². The van der Waals surface area contributed by atoms with Crippen LogP contribution in [0.5, 0.6) is 5.75 Å². The van der Waals surface area contributed by atoms with Gasteiger partial charge in [0.15, 0.2) is 11.4 Å². The lowest BCUT2D eigenvalue weighted by molar-refractivity contribution is -0.146. The molecule has 1 aliphatic rings. The number of piperidine rings is 1. The number of aryl methyl sites for hydroxylation is 1. The second-order valence-electron chi connectivity index (χ2n) is 5.97. The number of halogens is 3. The van der Waals surface area contributed by atoms with E-state index in [2.05, 4.69) is 15.1 Å². The van der Waals surface area contributed by atoms with Crippen molar-refractivity contribution < 1.29 is 17.9 Å². The van der Waals surface area contributed by atoms with Crippen LogP contribution in [0.3, 0.4) is 0 Å². The van der Waals surface area contributed by atoms with Crippen molar-refractivity contribution in [3.8, 4) is 5.75 Å². The van der Waals surface area contributed by atoms with Gasteiger partial charge in [-0.05, 0) is 24.8 Å². The van der Waals surface area contributed by atoms with Gasteiger partial charge in [-0.25, -0.2) is 9.97 Å². The summed E-state index contributed by atoms with van der Waals surface area (Å²) in [6, 6.07) is -0.327. The molecule has 136 valence electrons. The Balaban J connectivity index is 1.73. The summed E-state index contributed by atoms with van der Waals surface area (Å²) >= 11 is 0. The molecule has 0 amide bonds. The minimum absolute atomic E-state index is 0.242. The monoisotopic (exact) mass is 355 g/mol. The van der Waals surface area contributed by atoms with Crippen LogP contribution in [0.2, 0.25) is 0 Å². The highest BCUT2D eigenvalue weighted by molar-refractivity contribution is 5.32. The summed E-state index contributed by atoms with van der Waals surface area (Å²) < 4.78 is 45.9. The van der Waals surface area contributed by atoms with Crippen molar-refractivity contribution in [1.82, 2.24) is 19.7 Å². The molecule has 1 fully saturated rings. The van der Waals surface area contributed by atoms with Gasteiger partial charge in [-0.2, -0.15) is 18.3 Å². The molecule has 6 nitrogen and oxygen atoms in total. The number of aromatic nitrogens is 4. The predicted octanol–water partition coefficient (Wildman–Crippen LogP) is 3.10. The molecule has 9 heteroatoms. The normalized spacial score (nSPS) is 16.3. The average molecular weight is 355 g/mol. The fourth-order valence-electron chi connectivity index (χ4n) is 3.05. The van der Waals surface area contributed by atoms with Crippen molar-refractivity contribution in [1.29, 1.82) is 0 Å². The molecule has 0 atom stereocenters. The molecule has 0 bridgehead atoms. The highest BCUT2D eigenvalue weighted by Crippen LogP contribution is 2.39. The summed E-state index contributed by atoms with van der Waals surface area (Å²) in [7, 11) is 1.22. The summed E-state index contributed by atoms with van der Waals surface area (Å²) in [6.45, 7) is 3.19. The van der Waals surface area contributed by atoms with Crippen LogP contribution in [0.4, 0.5) is 19.1 Å². The molecule has 0 radical (unpaired) electrons. The Morgan fingerprint density at radius 1 is 1.16 bits per heavy atom. The Labute approximate surface area is 143 Å². The number of hydrogen-bond acceptors (Lipinski definition) is 5. The van der Waals surface area contributed by atoms with Gasteiger partial charge in [-0.1, -0.05) is 6.92 Å². The summed E-state index contributed by atoms with van der Waals surface area (Å²) in [5, 5.41) is 3.92. The molecule has 0 N–H and O–H groups in total. The lowest BCUT2D eigenvalue weighted by Gasteiger charge is -2.32. The maximum absolute atomic E-state index is 13.3. The molecule has 3 heterocycles. The molecular formula is C16H20F3N5O. The largest absolute Gasteiger partial charge is 0.493 e. The van der Waals surface area contributed by atoms with Crippen LogP contribution in [0.1, 0.15) is 37.1 Å². The van der Waals surface area contributed by atoms with Crippen molar-refractivity contribution in [3.05, 3.63) is 29.8 Å². The first-order valence-corrected chi connectivity index (χ1v) is 8.18. The van der Waals surface area contributed by atoms with E-state index in [-0.39, 0.29) is 11.8 Å². The molecule has 0 unspecified atom stereocenters. The fraction of sp³-hybridized carbons (Fsp3) is 0.562. The Bertz CT molecular complexity index is 706. The van der Waals surface area contributed by atoms with Gasteiger partial charge in [-0.3, -0.25) is 4.68 Å². The first-order chi connectivity index (χ1) is 11.9. The molecule has 1 aliphatic heterocycles. The molecule has 1 saturated heterocycles. The Kier molecular flexibility index (Phi) is 4.82. The number of hydrogen-bond donors (Lipinski definition) is 0.